The summed E-state index contributed by atoms with van der Waals surface area (Å²) in [5.74, 6) is -0.531. The van der Waals surface area contributed by atoms with Gasteiger partial charge in [0.05, 0.1) is 22.5 Å². The van der Waals surface area contributed by atoms with Gasteiger partial charge in [0.15, 0.2) is 0 Å². The van der Waals surface area contributed by atoms with E-state index in [0.29, 0.717) is 10.7 Å². The standard InChI is InChI=1S/C18H17ClN2O3/c19-12-3-1-2-4-13(12)20-14(22)7-8-21-17(23)15-10-5-6-11(9-10)16(15)18(21)24/h1-6,10-11,15-16H,7-9H2,(H,20,22)/t10-,11+,15-,16-/m0/s1. The van der Waals surface area contributed by atoms with Crippen molar-refractivity contribution in [1.29, 1.82) is 0 Å². The Bertz CT molecular complexity index is 730. The van der Waals surface area contributed by atoms with Crippen LogP contribution in [0.25, 0.3) is 0 Å². The van der Waals surface area contributed by atoms with Gasteiger partial charge in [0.1, 0.15) is 0 Å². The highest BCUT2D eigenvalue weighted by Gasteiger charge is 2.58. The number of para-hydroxylation sites is 1. The molecule has 0 radical (unpaired) electrons. The van der Waals surface area contributed by atoms with Gasteiger partial charge in [0.2, 0.25) is 17.7 Å². The summed E-state index contributed by atoms with van der Waals surface area (Å²) < 4.78 is 0. The van der Waals surface area contributed by atoms with Crippen LogP contribution in [0.1, 0.15) is 12.8 Å². The zero-order valence-electron chi connectivity index (χ0n) is 12.9. The van der Waals surface area contributed by atoms with Crippen LogP contribution in [0.5, 0.6) is 0 Å². The van der Waals surface area contributed by atoms with E-state index in [1.165, 1.54) is 4.90 Å². The molecule has 5 nitrogen and oxygen atoms in total. The molecule has 0 unspecified atom stereocenters. The number of hydrogen-bond donors (Lipinski definition) is 1. The molecule has 24 heavy (non-hydrogen) atoms. The molecular formula is C18H17ClN2O3. The highest BCUT2D eigenvalue weighted by Crippen LogP contribution is 2.52. The second-order valence-corrected chi connectivity index (χ2v) is 7.01. The van der Waals surface area contributed by atoms with Crippen molar-refractivity contribution in [2.45, 2.75) is 12.8 Å². The molecule has 1 aromatic carbocycles. The van der Waals surface area contributed by atoms with Crippen molar-refractivity contribution in [3.63, 3.8) is 0 Å². The lowest BCUT2D eigenvalue weighted by Gasteiger charge is -2.17. The van der Waals surface area contributed by atoms with Crippen LogP contribution in [0.4, 0.5) is 5.69 Å². The first-order chi connectivity index (χ1) is 11.6. The highest BCUT2D eigenvalue weighted by molar-refractivity contribution is 6.33. The topological polar surface area (TPSA) is 66.5 Å². The third-order valence-corrected chi connectivity index (χ3v) is 5.60. The fourth-order valence-electron chi connectivity index (χ4n) is 4.17. The van der Waals surface area contributed by atoms with Gasteiger partial charge in [-0.3, -0.25) is 19.3 Å². The highest BCUT2D eigenvalue weighted by atomic mass is 35.5. The quantitative estimate of drug-likeness (QED) is 0.674. The van der Waals surface area contributed by atoms with Crippen molar-refractivity contribution in [1.82, 2.24) is 4.90 Å². The predicted molar refractivity (Wildman–Crippen MR) is 89.1 cm³/mol. The summed E-state index contributed by atoms with van der Waals surface area (Å²) in [6.45, 7) is 0.125. The average Bonchev–Trinajstić information content (AvgIpc) is 3.23. The Morgan fingerprint density at radius 2 is 1.75 bits per heavy atom. The van der Waals surface area contributed by atoms with Crippen molar-refractivity contribution in [2.75, 3.05) is 11.9 Å². The largest absolute Gasteiger partial charge is 0.325 e. The Balaban J connectivity index is 1.38. The molecule has 3 amide bonds. The Morgan fingerprint density at radius 1 is 1.12 bits per heavy atom. The predicted octanol–water partition coefficient (Wildman–Crippen LogP) is 2.48. The van der Waals surface area contributed by atoms with E-state index >= 15 is 0 Å². The maximum atomic E-state index is 12.5. The molecule has 2 bridgehead atoms. The summed E-state index contributed by atoms with van der Waals surface area (Å²) in [6.07, 6.45) is 5.10. The molecule has 1 aliphatic heterocycles. The van der Waals surface area contributed by atoms with E-state index in [9.17, 15) is 14.4 Å². The number of halogens is 1. The zero-order chi connectivity index (χ0) is 16.8. The molecule has 1 N–H and O–H groups in total. The number of allylic oxidation sites excluding steroid dienone is 2. The molecule has 0 spiro atoms. The Labute approximate surface area is 144 Å². The van der Waals surface area contributed by atoms with Crippen molar-refractivity contribution in [2.24, 2.45) is 23.7 Å². The molecule has 124 valence electrons. The summed E-state index contributed by atoms with van der Waals surface area (Å²) >= 11 is 6.01. The minimum absolute atomic E-state index is 0.0743. The van der Waals surface area contributed by atoms with Crippen LogP contribution in [0, 0.1) is 23.7 Å². The number of fused-ring (bicyclic) bond motifs is 5. The number of hydrogen-bond acceptors (Lipinski definition) is 3. The van der Waals surface area contributed by atoms with Gasteiger partial charge >= 0.3 is 0 Å². The van der Waals surface area contributed by atoms with Crippen molar-refractivity contribution in [3.8, 4) is 0 Å². The number of nitrogens with one attached hydrogen (secondary N) is 1. The molecule has 3 aliphatic rings. The molecule has 4 rings (SSSR count). The van der Waals surface area contributed by atoms with E-state index in [2.05, 4.69) is 17.5 Å². The number of carbonyl (C=O) groups is 3. The molecule has 1 aromatic rings. The summed E-state index contributed by atoms with van der Waals surface area (Å²) in [6, 6.07) is 6.95. The van der Waals surface area contributed by atoms with E-state index in [1.54, 1.807) is 24.3 Å². The molecule has 1 heterocycles. The van der Waals surface area contributed by atoms with Crippen LogP contribution in [-0.2, 0) is 14.4 Å². The van der Waals surface area contributed by atoms with E-state index in [1.807, 2.05) is 0 Å². The second kappa shape index (κ2) is 5.74. The van der Waals surface area contributed by atoms with E-state index in [0.717, 1.165) is 6.42 Å². The fraction of sp³-hybridized carbons (Fsp3) is 0.389. The average molecular weight is 345 g/mol. The molecule has 0 aromatic heterocycles. The molecule has 2 fully saturated rings. The summed E-state index contributed by atoms with van der Waals surface area (Å²) in [4.78, 5) is 38.4. The van der Waals surface area contributed by atoms with Gasteiger partial charge in [0, 0.05) is 13.0 Å². The van der Waals surface area contributed by atoms with Gasteiger partial charge < -0.3 is 5.32 Å². The monoisotopic (exact) mass is 344 g/mol. The summed E-state index contributed by atoms with van der Waals surface area (Å²) in [5.41, 5.74) is 0.530. The molecule has 6 heteroatoms. The van der Waals surface area contributed by atoms with Crippen molar-refractivity contribution >= 4 is 35.0 Å². The van der Waals surface area contributed by atoms with Crippen LogP contribution >= 0.6 is 11.6 Å². The number of nitrogens with zero attached hydrogens (tertiary/aromatic N) is 1. The third-order valence-electron chi connectivity index (χ3n) is 5.27. The van der Waals surface area contributed by atoms with Crippen LogP contribution in [0.3, 0.4) is 0 Å². The van der Waals surface area contributed by atoms with Crippen LogP contribution in [0.15, 0.2) is 36.4 Å². The van der Waals surface area contributed by atoms with Crippen molar-refractivity contribution < 1.29 is 14.4 Å². The van der Waals surface area contributed by atoms with Gasteiger partial charge in [-0.05, 0) is 30.4 Å². The molecule has 2 aliphatic carbocycles. The van der Waals surface area contributed by atoms with Gasteiger partial charge in [-0.1, -0.05) is 35.9 Å². The molecule has 4 atom stereocenters. The van der Waals surface area contributed by atoms with E-state index < -0.39 is 0 Å². The zero-order valence-corrected chi connectivity index (χ0v) is 13.7. The first kappa shape index (κ1) is 15.4. The van der Waals surface area contributed by atoms with Crippen LogP contribution in [-0.4, -0.2) is 29.2 Å². The third kappa shape index (κ3) is 2.35. The van der Waals surface area contributed by atoms with Gasteiger partial charge in [-0.25, -0.2) is 0 Å². The first-order valence-electron chi connectivity index (χ1n) is 8.14. The summed E-state index contributed by atoms with van der Waals surface area (Å²) in [5, 5.41) is 3.17. The fourth-order valence-corrected chi connectivity index (χ4v) is 4.36. The Morgan fingerprint density at radius 3 is 2.38 bits per heavy atom. The number of amides is 3. The number of anilines is 1. The number of likely N-dealkylation sites (tertiary alicyclic amines) is 1. The van der Waals surface area contributed by atoms with Gasteiger partial charge in [-0.2, -0.15) is 0 Å². The minimum Gasteiger partial charge on any atom is -0.325 e. The first-order valence-corrected chi connectivity index (χ1v) is 8.52. The number of rotatable bonds is 4. The minimum atomic E-state index is -0.262. The maximum absolute atomic E-state index is 12.5. The van der Waals surface area contributed by atoms with Gasteiger partial charge in [0.25, 0.3) is 0 Å². The number of carbonyl (C=O) groups excluding carboxylic acids is 3. The lowest BCUT2D eigenvalue weighted by atomic mass is 9.85. The molecule has 1 saturated carbocycles. The van der Waals surface area contributed by atoms with E-state index in [-0.39, 0.29) is 54.4 Å². The lowest BCUT2D eigenvalue weighted by Crippen LogP contribution is -2.35. The maximum Gasteiger partial charge on any atom is 0.233 e. The number of benzene rings is 1. The second-order valence-electron chi connectivity index (χ2n) is 6.61. The van der Waals surface area contributed by atoms with Crippen LogP contribution < -0.4 is 5.32 Å². The van der Waals surface area contributed by atoms with Gasteiger partial charge in [-0.15, -0.1) is 0 Å². The Hall–Kier alpha value is -2.14. The molecular weight excluding hydrogens is 328 g/mol. The molecule has 1 saturated heterocycles. The lowest BCUT2D eigenvalue weighted by molar-refractivity contribution is -0.140. The van der Waals surface area contributed by atoms with E-state index in [4.69, 9.17) is 11.6 Å². The summed E-state index contributed by atoms with van der Waals surface area (Å²) in [7, 11) is 0. The normalized spacial score (nSPS) is 30.1. The van der Waals surface area contributed by atoms with Crippen LogP contribution in [0.2, 0.25) is 5.02 Å². The smallest absolute Gasteiger partial charge is 0.233 e. The SMILES string of the molecule is O=C(CCN1C(=O)[C@@H]2[C@@H](C1=O)[C@H]1C=C[C@@H]2C1)Nc1ccccc1Cl. The Kier molecular flexibility index (Phi) is 3.68. The number of imide groups is 1. The van der Waals surface area contributed by atoms with Crippen molar-refractivity contribution in [3.05, 3.63) is 41.4 Å².